The van der Waals surface area contributed by atoms with Crippen LogP contribution < -0.4 is 10.1 Å². The van der Waals surface area contributed by atoms with Crippen LogP contribution in [0.1, 0.15) is 19.8 Å². The van der Waals surface area contributed by atoms with Crippen molar-refractivity contribution in [3.63, 3.8) is 0 Å². The fraction of sp³-hybridized carbons (Fsp3) is 0.600. The van der Waals surface area contributed by atoms with E-state index in [4.69, 9.17) is 9.47 Å². The van der Waals surface area contributed by atoms with Gasteiger partial charge < -0.3 is 14.8 Å². The summed E-state index contributed by atoms with van der Waals surface area (Å²) in [5.74, 6) is 0.921. The van der Waals surface area contributed by atoms with E-state index in [0.717, 1.165) is 25.4 Å². The van der Waals surface area contributed by atoms with Gasteiger partial charge in [0.2, 0.25) is 0 Å². The van der Waals surface area contributed by atoms with Crippen LogP contribution in [0.25, 0.3) is 0 Å². The number of thioether (sulfide) groups is 1. The van der Waals surface area contributed by atoms with Crippen molar-refractivity contribution in [2.24, 2.45) is 0 Å². The Morgan fingerprint density at radius 1 is 1.53 bits per heavy atom. The Morgan fingerprint density at radius 2 is 2.42 bits per heavy atom. The molecule has 1 aromatic rings. The number of benzene rings is 1. The summed E-state index contributed by atoms with van der Waals surface area (Å²) in [6.07, 6.45) is 2.83. The molecule has 2 rings (SSSR count). The van der Waals surface area contributed by atoms with Gasteiger partial charge in [0.05, 0.1) is 13.2 Å². The van der Waals surface area contributed by atoms with Crippen LogP contribution in [0.2, 0.25) is 0 Å². The SMILES string of the molecule is COc1cccc(SC(C)CNCC2CCCO2)c1. The molecule has 3 nitrogen and oxygen atoms in total. The van der Waals surface area contributed by atoms with Crippen molar-refractivity contribution in [3.05, 3.63) is 24.3 Å². The van der Waals surface area contributed by atoms with E-state index in [1.54, 1.807) is 7.11 Å². The van der Waals surface area contributed by atoms with E-state index in [1.807, 2.05) is 23.9 Å². The molecule has 0 aliphatic carbocycles. The molecule has 1 aliphatic rings. The third kappa shape index (κ3) is 5.05. The van der Waals surface area contributed by atoms with Crippen LogP contribution in [0.5, 0.6) is 5.75 Å². The Balaban J connectivity index is 1.69. The fourth-order valence-electron chi connectivity index (χ4n) is 2.20. The van der Waals surface area contributed by atoms with E-state index in [2.05, 4.69) is 24.4 Å². The van der Waals surface area contributed by atoms with Crippen LogP contribution in [0, 0.1) is 0 Å². The molecule has 1 aliphatic heterocycles. The van der Waals surface area contributed by atoms with Crippen LogP contribution in [-0.4, -0.2) is 38.2 Å². The monoisotopic (exact) mass is 281 g/mol. The standard InChI is InChI=1S/C15H23NO2S/c1-12(10-16-11-14-6-4-8-18-14)19-15-7-3-5-13(9-15)17-2/h3,5,7,9,12,14,16H,4,6,8,10-11H2,1-2H3. The number of ether oxygens (including phenoxy) is 2. The van der Waals surface area contributed by atoms with Gasteiger partial charge in [-0.25, -0.2) is 0 Å². The minimum atomic E-state index is 0.425. The Kier molecular flexibility index (Phi) is 6.01. The van der Waals surface area contributed by atoms with Crippen molar-refractivity contribution < 1.29 is 9.47 Å². The zero-order valence-corrected chi connectivity index (χ0v) is 12.5. The third-order valence-electron chi connectivity index (χ3n) is 3.21. The topological polar surface area (TPSA) is 30.5 Å². The molecule has 0 aromatic heterocycles. The summed E-state index contributed by atoms with van der Waals surface area (Å²) in [5.41, 5.74) is 0. The van der Waals surface area contributed by atoms with Crippen LogP contribution in [0.15, 0.2) is 29.2 Å². The van der Waals surface area contributed by atoms with Gasteiger partial charge in [-0.15, -0.1) is 11.8 Å². The molecular weight excluding hydrogens is 258 g/mol. The summed E-state index contributed by atoms with van der Waals surface area (Å²) in [6.45, 7) is 5.15. The molecule has 0 bridgehead atoms. The van der Waals surface area contributed by atoms with E-state index in [-0.39, 0.29) is 0 Å². The van der Waals surface area contributed by atoms with Crippen LogP contribution in [0.3, 0.4) is 0 Å². The number of nitrogens with one attached hydrogen (secondary N) is 1. The highest BCUT2D eigenvalue weighted by Crippen LogP contribution is 2.26. The molecule has 0 radical (unpaired) electrons. The lowest BCUT2D eigenvalue weighted by Crippen LogP contribution is -2.30. The van der Waals surface area contributed by atoms with Crippen LogP contribution in [-0.2, 0) is 4.74 Å². The molecule has 1 fully saturated rings. The first-order valence-corrected chi connectivity index (χ1v) is 7.79. The van der Waals surface area contributed by atoms with E-state index in [9.17, 15) is 0 Å². The van der Waals surface area contributed by atoms with Crippen molar-refractivity contribution in [2.75, 3.05) is 26.8 Å². The van der Waals surface area contributed by atoms with Gasteiger partial charge in [-0.1, -0.05) is 13.0 Å². The van der Waals surface area contributed by atoms with E-state index in [1.165, 1.54) is 17.7 Å². The van der Waals surface area contributed by atoms with Crippen LogP contribution >= 0.6 is 11.8 Å². The van der Waals surface area contributed by atoms with Crippen molar-refractivity contribution in [3.8, 4) is 5.75 Å². The van der Waals surface area contributed by atoms with E-state index >= 15 is 0 Å². The molecule has 4 heteroatoms. The summed E-state index contributed by atoms with van der Waals surface area (Å²) in [4.78, 5) is 1.26. The van der Waals surface area contributed by atoms with Crippen LogP contribution in [0.4, 0.5) is 0 Å². The number of hydrogen-bond acceptors (Lipinski definition) is 4. The zero-order valence-electron chi connectivity index (χ0n) is 11.7. The maximum atomic E-state index is 5.60. The average Bonchev–Trinajstić information content (AvgIpc) is 2.92. The second kappa shape index (κ2) is 7.78. The molecule has 2 unspecified atom stereocenters. The minimum absolute atomic E-state index is 0.425. The molecule has 2 atom stereocenters. The van der Waals surface area contributed by atoms with Gasteiger partial charge in [-0.3, -0.25) is 0 Å². The lowest BCUT2D eigenvalue weighted by atomic mass is 10.2. The number of methoxy groups -OCH3 is 1. The smallest absolute Gasteiger partial charge is 0.119 e. The first-order valence-electron chi connectivity index (χ1n) is 6.91. The van der Waals surface area contributed by atoms with Gasteiger partial charge in [0.25, 0.3) is 0 Å². The number of rotatable bonds is 7. The summed E-state index contributed by atoms with van der Waals surface area (Å²) >= 11 is 1.87. The predicted octanol–water partition coefficient (Wildman–Crippen LogP) is 2.94. The highest BCUT2D eigenvalue weighted by molar-refractivity contribution is 8.00. The van der Waals surface area contributed by atoms with Gasteiger partial charge >= 0.3 is 0 Å². The maximum Gasteiger partial charge on any atom is 0.119 e. The molecular formula is C15H23NO2S. The lowest BCUT2D eigenvalue weighted by molar-refractivity contribution is 0.110. The van der Waals surface area contributed by atoms with Gasteiger partial charge in [0.15, 0.2) is 0 Å². The molecule has 19 heavy (non-hydrogen) atoms. The first kappa shape index (κ1) is 14.7. The second-order valence-electron chi connectivity index (χ2n) is 4.90. The van der Waals surface area contributed by atoms with E-state index < -0.39 is 0 Å². The highest BCUT2D eigenvalue weighted by Gasteiger charge is 2.15. The van der Waals surface area contributed by atoms with Crippen molar-refractivity contribution in [1.82, 2.24) is 5.32 Å². The molecule has 0 spiro atoms. The Morgan fingerprint density at radius 3 is 3.16 bits per heavy atom. The van der Waals surface area contributed by atoms with E-state index in [0.29, 0.717) is 11.4 Å². The van der Waals surface area contributed by atoms with Crippen molar-refractivity contribution >= 4 is 11.8 Å². The van der Waals surface area contributed by atoms with Gasteiger partial charge in [0.1, 0.15) is 5.75 Å². The summed E-state index contributed by atoms with van der Waals surface area (Å²) in [6, 6.07) is 8.23. The molecule has 0 amide bonds. The summed E-state index contributed by atoms with van der Waals surface area (Å²) < 4.78 is 10.8. The predicted molar refractivity (Wildman–Crippen MR) is 80.2 cm³/mol. The zero-order chi connectivity index (χ0) is 13.5. The summed E-state index contributed by atoms with van der Waals surface area (Å²) in [7, 11) is 1.70. The molecule has 106 valence electrons. The lowest BCUT2D eigenvalue weighted by Gasteiger charge is -2.15. The Bertz CT molecular complexity index is 380. The Labute approximate surface area is 120 Å². The molecule has 1 N–H and O–H groups in total. The Hall–Kier alpha value is -0.710. The summed E-state index contributed by atoms with van der Waals surface area (Å²) in [5, 5.41) is 4.03. The normalized spacial score (nSPS) is 20.4. The number of hydrogen-bond donors (Lipinski definition) is 1. The third-order valence-corrected chi connectivity index (χ3v) is 4.30. The van der Waals surface area contributed by atoms with Gasteiger partial charge in [-0.05, 0) is 31.0 Å². The first-order chi connectivity index (χ1) is 9.28. The highest BCUT2D eigenvalue weighted by atomic mass is 32.2. The molecule has 0 saturated carbocycles. The molecule has 1 aromatic carbocycles. The molecule has 1 heterocycles. The second-order valence-corrected chi connectivity index (χ2v) is 6.41. The average molecular weight is 281 g/mol. The maximum absolute atomic E-state index is 5.60. The van der Waals surface area contributed by atoms with Crippen molar-refractivity contribution in [2.45, 2.75) is 36.0 Å². The molecule has 1 saturated heterocycles. The largest absolute Gasteiger partial charge is 0.497 e. The van der Waals surface area contributed by atoms with Crippen molar-refractivity contribution in [1.29, 1.82) is 0 Å². The van der Waals surface area contributed by atoms with Gasteiger partial charge in [-0.2, -0.15) is 0 Å². The van der Waals surface area contributed by atoms with Gasteiger partial charge in [0, 0.05) is 29.8 Å². The quantitative estimate of drug-likeness (QED) is 0.778. The minimum Gasteiger partial charge on any atom is -0.497 e. The fourth-order valence-corrected chi connectivity index (χ4v) is 3.21.